The fourth-order valence-electron chi connectivity index (χ4n) is 2.80. The minimum atomic E-state index is -0.974. The Labute approximate surface area is 186 Å². The van der Waals surface area contributed by atoms with Crippen LogP contribution in [0.2, 0.25) is 0 Å². The third-order valence-corrected chi connectivity index (χ3v) is 4.20. The highest BCUT2D eigenvalue weighted by atomic mass is 16.6. The molecule has 0 saturated carbocycles. The van der Waals surface area contributed by atoms with E-state index in [0.717, 1.165) is 0 Å². The topological polar surface area (TPSA) is 170 Å². The van der Waals surface area contributed by atoms with E-state index in [1.807, 2.05) is 0 Å². The molecule has 2 aliphatic heterocycles. The standard InChI is InChI=1S/2C10H17NO5/c2*1-10(2,3)16-9(14)11-7-5-15-4-6(7)8(12)13/h2*6-7H,4-5H2,1-3H3,(H,11,14)(H,12,13)/t2*6-,7-/m10/s1. The first-order chi connectivity index (χ1) is 14.6. The van der Waals surface area contributed by atoms with Crippen LogP contribution in [0.5, 0.6) is 0 Å². The van der Waals surface area contributed by atoms with Gasteiger partial charge in [0.05, 0.1) is 38.5 Å². The lowest BCUT2D eigenvalue weighted by Gasteiger charge is -2.22. The normalized spacial score (nSPS) is 25.2. The van der Waals surface area contributed by atoms with Gasteiger partial charge in [0.15, 0.2) is 0 Å². The number of hydrogen-bond acceptors (Lipinski definition) is 8. The molecule has 2 saturated heterocycles. The summed E-state index contributed by atoms with van der Waals surface area (Å²) in [4.78, 5) is 44.4. The van der Waals surface area contributed by atoms with E-state index in [0.29, 0.717) is 0 Å². The van der Waals surface area contributed by atoms with Crippen LogP contribution >= 0.6 is 0 Å². The zero-order chi connectivity index (χ0) is 24.7. The van der Waals surface area contributed by atoms with Crippen molar-refractivity contribution in [2.24, 2.45) is 11.8 Å². The summed E-state index contributed by atoms with van der Waals surface area (Å²) in [5.41, 5.74) is -1.19. The number of ether oxygens (including phenoxy) is 4. The number of hydrogen-bond donors (Lipinski definition) is 4. The molecule has 2 fully saturated rings. The van der Waals surface area contributed by atoms with E-state index in [4.69, 9.17) is 29.2 Å². The van der Waals surface area contributed by atoms with E-state index in [-0.39, 0.29) is 26.4 Å². The molecular formula is C20H34N2O10. The summed E-state index contributed by atoms with van der Waals surface area (Å²) in [5, 5.41) is 22.7. The van der Waals surface area contributed by atoms with Crippen LogP contribution in [0, 0.1) is 11.8 Å². The number of amides is 2. The summed E-state index contributed by atoms with van der Waals surface area (Å²) in [6.07, 6.45) is -1.23. The molecule has 4 atom stereocenters. The number of carbonyl (C=O) groups is 4. The van der Waals surface area contributed by atoms with Crippen LogP contribution in [-0.2, 0) is 28.5 Å². The molecule has 0 aromatic carbocycles. The molecule has 32 heavy (non-hydrogen) atoms. The SMILES string of the molecule is CC(C)(C)OC(=O)N[C@@H]1COC[C@H]1C(=O)O.CC(C)(C)OC(=O)N[C@H]1COC[C@@H]1C(=O)O. The van der Waals surface area contributed by atoms with Crippen LogP contribution in [-0.4, -0.2) is 84.1 Å². The highest BCUT2D eigenvalue weighted by Crippen LogP contribution is 2.16. The van der Waals surface area contributed by atoms with Crippen LogP contribution in [0.15, 0.2) is 0 Å². The summed E-state index contributed by atoms with van der Waals surface area (Å²) in [6, 6.07) is -1.04. The van der Waals surface area contributed by atoms with E-state index in [2.05, 4.69) is 10.6 Å². The number of carboxylic acid groups (broad SMARTS) is 2. The number of carboxylic acids is 2. The second-order valence-electron chi connectivity index (χ2n) is 9.47. The van der Waals surface area contributed by atoms with Gasteiger partial charge in [0.1, 0.15) is 23.0 Å². The summed E-state index contributed by atoms with van der Waals surface area (Å²) in [6.45, 7) is 11.1. The number of alkyl carbamates (subject to hydrolysis) is 2. The molecule has 0 bridgehead atoms. The van der Waals surface area contributed by atoms with Gasteiger partial charge in [0, 0.05) is 0 Å². The van der Waals surface area contributed by atoms with E-state index in [1.54, 1.807) is 41.5 Å². The Hall–Kier alpha value is -2.60. The van der Waals surface area contributed by atoms with Gasteiger partial charge >= 0.3 is 24.1 Å². The number of nitrogens with one attached hydrogen (secondary N) is 2. The van der Waals surface area contributed by atoms with Crippen molar-refractivity contribution < 1.29 is 48.3 Å². The first-order valence-corrected chi connectivity index (χ1v) is 10.2. The molecule has 2 aliphatic rings. The van der Waals surface area contributed by atoms with Crippen molar-refractivity contribution in [3.8, 4) is 0 Å². The monoisotopic (exact) mass is 462 g/mol. The van der Waals surface area contributed by atoms with Gasteiger partial charge in [-0.15, -0.1) is 0 Å². The van der Waals surface area contributed by atoms with Crippen molar-refractivity contribution in [3.63, 3.8) is 0 Å². The van der Waals surface area contributed by atoms with E-state index >= 15 is 0 Å². The molecule has 0 aromatic rings. The fourth-order valence-corrected chi connectivity index (χ4v) is 2.80. The third kappa shape index (κ3) is 10.1. The molecule has 12 heteroatoms. The van der Waals surface area contributed by atoms with Crippen molar-refractivity contribution in [1.82, 2.24) is 10.6 Å². The third-order valence-electron chi connectivity index (χ3n) is 4.20. The molecule has 0 aliphatic carbocycles. The zero-order valence-electron chi connectivity index (χ0n) is 19.3. The molecule has 0 spiro atoms. The lowest BCUT2D eigenvalue weighted by molar-refractivity contribution is -0.143. The van der Waals surface area contributed by atoms with Gasteiger partial charge in [-0.1, -0.05) is 0 Å². The summed E-state index contributed by atoms with van der Waals surface area (Å²) < 4.78 is 20.1. The van der Waals surface area contributed by atoms with E-state index < -0.39 is 59.2 Å². The van der Waals surface area contributed by atoms with Crippen molar-refractivity contribution in [2.45, 2.75) is 64.8 Å². The van der Waals surface area contributed by atoms with Crippen LogP contribution in [0.4, 0.5) is 9.59 Å². The highest BCUT2D eigenvalue weighted by Gasteiger charge is 2.37. The molecule has 0 aromatic heterocycles. The van der Waals surface area contributed by atoms with Gasteiger partial charge < -0.3 is 39.8 Å². The fraction of sp³-hybridized carbons (Fsp3) is 0.800. The van der Waals surface area contributed by atoms with Crippen LogP contribution < -0.4 is 10.6 Å². The van der Waals surface area contributed by atoms with Crippen molar-refractivity contribution in [2.75, 3.05) is 26.4 Å². The Balaban J connectivity index is 0.000000320. The van der Waals surface area contributed by atoms with Crippen molar-refractivity contribution >= 4 is 24.1 Å². The molecule has 2 amide bonds. The second kappa shape index (κ2) is 11.3. The molecule has 0 unspecified atom stereocenters. The quantitative estimate of drug-likeness (QED) is 0.476. The smallest absolute Gasteiger partial charge is 0.407 e. The lowest BCUT2D eigenvalue weighted by atomic mass is 10.0. The van der Waals surface area contributed by atoms with Crippen LogP contribution in [0.3, 0.4) is 0 Å². The van der Waals surface area contributed by atoms with E-state index in [9.17, 15) is 19.2 Å². The molecule has 0 radical (unpaired) electrons. The van der Waals surface area contributed by atoms with Gasteiger partial charge in [-0.05, 0) is 41.5 Å². The maximum atomic E-state index is 11.4. The Morgan fingerprint density at radius 2 is 1.00 bits per heavy atom. The minimum absolute atomic E-state index is 0.121. The molecule has 12 nitrogen and oxygen atoms in total. The van der Waals surface area contributed by atoms with Crippen LogP contribution in [0.1, 0.15) is 41.5 Å². The van der Waals surface area contributed by atoms with Crippen molar-refractivity contribution in [1.29, 1.82) is 0 Å². The predicted octanol–water partition coefficient (Wildman–Crippen LogP) is 1.22. The largest absolute Gasteiger partial charge is 0.481 e. The predicted molar refractivity (Wildman–Crippen MR) is 110 cm³/mol. The maximum Gasteiger partial charge on any atom is 0.407 e. The first kappa shape index (κ1) is 27.4. The van der Waals surface area contributed by atoms with E-state index in [1.165, 1.54) is 0 Å². The average Bonchev–Trinajstić information content (AvgIpc) is 3.20. The Morgan fingerprint density at radius 3 is 1.25 bits per heavy atom. The molecule has 184 valence electrons. The van der Waals surface area contributed by atoms with Gasteiger partial charge in [-0.3, -0.25) is 9.59 Å². The van der Waals surface area contributed by atoms with Gasteiger partial charge in [0.2, 0.25) is 0 Å². The van der Waals surface area contributed by atoms with Gasteiger partial charge in [-0.25, -0.2) is 9.59 Å². The van der Waals surface area contributed by atoms with Crippen LogP contribution in [0.25, 0.3) is 0 Å². The Bertz CT molecular complexity index is 625. The molecule has 4 N–H and O–H groups in total. The molecule has 2 heterocycles. The number of aliphatic carboxylic acids is 2. The van der Waals surface area contributed by atoms with Gasteiger partial charge in [0.25, 0.3) is 0 Å². The lowest BCUT2D eigenvalue weighted by Crippen LogP contribution is -2.44. The average molecular weight is 462 g/mol. The summed E-state index contributed by atoms with van der Waals surface area (Å²) in [5.74, 6) is -3.35. The summed E-state index contributed by atoms with van der Waals surface area (Å²) in [7, 11) is 0. The van der Waals surface area contributed by atoms with Gasteiger partial charge in [-0.2, -0.15) is 0 Å². The number of carbonyl (C=O) groups excluding carboxylic acids is 2. The Morgan fingerprint density at radius 1 is 0.688 bits per heavy atom. The zero-order valence-corrected chi connectivity index (χ0v) is 19.3. The second-order valence-corrected chi connectivity index (χ2v) is 9.47. The Kier molecular flexibility index (Phi) is 9.70. The minimum Gasteiger partial charge on any atom is -0.481 e. The van der Waals surface area contributed by atoms with Crippen molar-refractivity contribution in [3.05, 3.63) is 0 Å². The first-order valence-electron chi connectivity index (χ1n) is 10.2. The molecule has 2 rings (SSSR count). The number of rotatable bonds is 4. The maximum absolute atomic E-state index is 11.4. The summed E-state index contributed by atoms with van der Waals surface area (Å²) >= 11 is 0. The highest BCUT2D eigenvalue weighted by molar-refractivity contribution is 5.75. The molecular weight excluding hydrogens is 428 g/mol.